The minimum Gasteiger partial charge on any atom is -0.491 e. The van der Waals surface area contributed by atoms with Gasteiger partial charge in [-0.05, 0) is 54.7 Å². The highest BCUT2D eigenvalue weighted by Crippen LogP contribution is 2.40. The Bertz CT molecular complexity index is 1330. The predicted octanol–water partition coefficient (Wildman–Crippen LogP) is 5.05. The van der Waals surface area contributed by atoms with E-state index >= 15 is 0 Å². The van der Waals surface area contributed by atoms with Gasteiger partial charge in [0, 0.05) is 22.3 Å². The van der Waals surface area contributed by atoms with E-state index in [2.05, 4.69) is 20.1 Å². The van der Waals surface area contributed by atoms with Crippen LogP contribution in [0.15, 0.2) is 67.4 Å². The van der Waals surface area contributed by atoms with Crippen molar-refractivity contribution in [3.05, 3.63) is 87.8 Å². The first kappa shape index (κ1) is 22.9. The van der Waals surface area contributed by atoms with Gasteiger partial charge >= 0.3 is 0 Å². The number of aromatic amines is 1. The number of nitrogens with one attached hydrogen (secondary N) is 1. The van der Waals surface area contributed by atoms with Gasteiger partial charge in [0.2, 0.25) is 5.79 Å². The zero-order chi connectivity index (χ0) is 23.5. The van der Waals surface area contributed by atoms with Crippen LogP contribution in [0.5, 0.6) is 5.75 Å². The summed E-state index contributed by atoms with van der Waals surface area (Å²) in [5, 5.41) is 5.16. The third kappa shape index (κ3) is 4.98. The first-order chi connectivity index (χ1) is 16.5. The number of benzene rings is 2. The number of ether oxygens (including phenoxy) is 3. The standard InChI is InChI=1S/C23H19Cl2N5O3S/c24-16-3-6-19(20(25)9-16)23(12-30-14-26-13-28-30)32-11-18(33-23)10-31-17-4-1-15(2-5-17)21-7-8-27-22(34)29-21/h1-9,13-14,18H,10-12H2,(H,27,29,34)/t18-,23-/m1/s1. The van der Waals surface area contributed by atoms with E-state index in [1.165, 1.54) is 6.33 Å². The molecule has 5 rings (SSSR count). The van der Waals surface area contributed by atoms with E-state index in [9.17, 15) is 0 Å². The van der Waals surface area contributed by atoms with E-state index in [0.717, 1.165) is 11.3 Å². The Morgan fingerprint density at radius 1 is 1.18 bits per heavy atom. The van der Waals surface area contributed by atoms with Crippen LogP contribution in [0.1, 0.15) is 5.56 Å². The smallest absolute Gasteiger partial charge is 0.217 e. The average molecular weight is 516 g/mol. The van der Waals surface area contributed by atoms with Gasteiger partial charge in [0.1, 0.15) is 37.7 Å². The van der Waals surface area contributed by atoms with E-state index in [0.29, 0.717) is 39.3 Å². The van der Waals surface area contributed by atoms with Crippen molar-refractivity contribution in [1.29, 1.82) is 0 Å². The van der Waals surface area contributed by atoms with E-state index in [4.69, 9.17) is 49.6 Å². The molecule has 0 spiro atoms. The van der Waals surface area contributed by atoms with E-state index in [-0.39, 0.29) is 12.6 Å². The Kier molecular flexibility index (Phi) is 6.62. The highest BCUT2D eigenvalue weighted by Gasteiger charge is 2.45. The van der Waals surface area contributed by atoms with Crippen molar-refractivity contribution in [2.45, 2.75) is 18.4 Å². The van der Waals surface area contributed by atoms with Crippen molar-refractivity contribution in [1.82, 2.24) is 24.7 Å². The number of nitrogens with zero attached hydrogens (tertiary/aromatic N) is 4. The Balaban J connectivity index is 1.29. The molecule has 8 nitrogen and oxygen atoms in total. The number of H-pyrrole nitrogens is 1. The number of hydrogen-bond acceptors (Lipinski definition) is 7. The molecule has 1 fully saturated rings. The van der Waals surface area contributed by atoms with Crippen LogP contribution in [0.25, 0.3) is 11.3 Å². The van der Waals surface area contributed by atoms with Gasteiger partial charge < -0.3 is 19.2 Å². The van der Waals surface area contributed by atoms with E-state index < -0.39 is 5.79 Å². The molecule has 2 aromatic carbocycles. The normalized spacial score (nSPS) is 19.9. The fraction of sp³-hybridized carbons (Fsp3) is 0.217. The molecule has 0 radical (unpaired) electrons. The molecular weight excluding hydrogens is 497 g/mol. The maximum atomic E-state index is 6.50. The number of rotatable bonds is 7. The van der Waals surface area contributed by atoms with Crippen LogP contribution in [0, 0.1) is 4.77 Å². The maximum Gasteiger partial charge on any atom is 0.217 e. The SMILES string of the molecule is S=c1nc(-c2ccc(OC[C@@H]3CO[C@@](Cn4cncn4)(c4ccc(Cl)cc4Cl)O3)cc2)cc[nH]1. The van der Waals surface area contributed by atoms with Crippen LogP contribution in [0.3, 0.4) is 0 Å². The summed E-state index contributed by atoms with van der Waals surface area (Å²) in [7, 11) is 0. The monoisotopic (exact) mass is 515 g/mol. The largest absolute Gasteiger partial charge is 0.491 e. The lowest BCUT2D eigenvalue weighted by atomic mass is 10.1. The van der Waals surface area contributed by atoms with Crippen molar-refractivity contribution in [2.75, 3.05) is 13.2 Å². The highest BCUT2D eigenvalue weighted by atomic mass is 35.5. The lowest BCUT2D eigenvalue weighted by Crippen LogP contribution is -2.35. The molecule has 34 heavy (non-hydrogen) atoms. The maximum absolute atomic E-state index is 6.50. The lowest BCUT2D eigenvalue weighted by molar-refractivity contribution is -0.190. The van der Waals surface area contributed by atoms with Crippen LogP contribution in [-0.2, 0) is 21.8 Å². The summed E-state index contributed by atoms with van der Waals surface area (Å²) in [6, 6.07) is 14.7. The first-order valence-corrected chi connectivity index (χ1v) is 11.6. The average Bonchev–Trinajstić information content (AvgIpc) is 3.49. The topological polar surface area (TPSA) is 87.1 Å². The van der Waals surface area contributed by atoms with Gasteiger partial charge in [0.25, 0.3) is 0 Å². The van der Waals surface area contributed by atoms with Gasteiger partial charge in [-0.2, -0.15) is 5.10 Å². The second-order valence-electron chi connectivity index (χ2n) is 7.64. The molecule has 2 aromatic heterocycles. The molecule has 0 saturated carbocycles. The van der Waals surface area contributed by atoms with Gasteiger partial charge in [-0.25, -0.2) is 14.6 Å². The van der Waals surface area contributed by atoms with Crippen LogP contribution in [-0.4, -0.2) is 44.1 Å². The minimum absolute atomic E-state index is 0.270. The van der Waals surface area contributed by atoms with Crippen LogP contribution in [0.2, 0.25) is 10.0 Å². The quantitative estimate of drug-likeness (QED) is 0.344. The summed E-state index contributed by atoms with van der Waals surface area (Å²) in [5.74, 6) is -0.447. The molecule has 1 aliphatic heterocycles. The zero-order valence-electron chi connectivity index (χ0n) is 17.7. The summed E-state index contributed by atoms with van der Waals surface area (Å²) in [5.41, 5.74) is 2.40. The third-order valence-electron chi connectivity index (χ3n) is 5.29. The summed E-state index contributed by atoms with van der Waals surface area (Å²) in [4.78, 5) is 11.2. The van der Waals surface area contributed by atoms with E-state index in [1.807, 2.05) is 30.3 Å². The van der Waals surface area contributed by atoms with Crippen molar-refractivity contribution in [3.63, 3.8) is 0 Å². The molecule has 0 unspecified atom stereocenters. The first-order valence-electron chi connectivity index (χ1n) is 10.4. The molecule has 1 aliphatic rings. The molecule has 0 aliphatic carbocycles. The molecule has 0 bridgehead atoms. The molecule has 0 amide bonds. The second kappa shape index (κ2) is 9.81. The Hall–Kier alpha value is -2.82. The van der Waals surface area contributed by atoms with Gasteiger partial charge in [-0.3, -0.25) is 0 Å². The lowest BCUT2D eigenvalue weighted by Gasteiger charge is -2.29. The number of halogens is 2. The molecule has 2 atom stereocenters. The van der Waals surface area contributed by atoms with Crippen molar-refractivity contribution < 1.29 is 14.2 Å². The molecule has 4 aromatic rings. The summed E-state index contributed by atoms with van der Waals surface area (Å²) >= 11 is 17.7. The van der Waals surface area contributed by atoms with Crippen LogP contribution < -0.4 is 4.74 Å². The number of aromatic nitrogens is 5. The zero-order valence-corrected chi connectivity index (χ0v) is 20.1. The van der Waals surface area contributed by atoms with Crippen LogP contribution in [0.4, 0.5) is 0 Å². The van der Waals surface area contributed by atoms with Gasteiger partial charge in [-0.1, -0.05) is 29.3 Å². The van der Waals surface area contributed by atoms with Crippen LogP contribution >= 0.6 is 35.4 Å². The van der Waals surface area contributed by atoms with Gasteiger partial charge in [-0.15, -0.1) is 0 Å². The molecule has 1 N–H and O–H groups in total. The number of hydrogen-bond donors (Lipinski definition) is 1. The Morgan fingerprint density at radius 3 is 2.76 bits per heavy atom. The van der Waals surface area contributed by atoms with Gasteiger partial charge in [0.15, 0.2) is 4.77 Å². The minimum atomic E-state index is -1.15. The summed E-state index contributed by atoms with van der Waals surface area (Å²) in [6.07, 6.45) is 4.49. The molecule has 11 heteroatoms. The highest BCUT2D eigenvalue weighted by molar-refractivity contribution is 7.71. The van der Waals surface area contributed by atoms with Crippen molar-refractivity contribution in [3.8, 4) is 17.0 Å². The Labute approximate surface area is 210 Å². The molecule has 3 heterocycles. The second-order valence-corrected chi connectivity index (χ2v) is 8.87. The molecule has 174 valence electrons. The molecular formula is C23H19Cl2N5O3S. The predicted molar refractivity (Wildman–Crippen MR) is 129 cm³/mol. The summed E-state index contributed by atoms with van der Waals surface area (Å²) < 4.78 is 20.6. The van der Waals surface area contributed by atoms with Crippen molar-refractivity contribution >= 4 is 35.4 Å². The fourth-order valence-electron chi connectivity index (χ4n) is 3.73. The third-order valence-corrected chi connectivity index (χ3v) is 6.05. The fourth-order valence-corrected chi connectivity index (χ4v) is 4.44. The molecule has 1 saturated heterocycles. The van der Waals surface area contributed by atoms with E-state index in [1.54, 1.807) is 35.4 Å². The van der Waals surface area contributed by atoms with Crippen molar-refractivity contribution in [2.24, 2.45) is 0 Å². The summed E-state index contributed by atoms with van der Waals surface area (Å²) in [6.45, 7) is 0.877. The Morgan fingerprint density at radius 2 is 2.03 bits per heavy atom. The van der Waals surface area contributed by atoms with Gasteiger partial charge in [0.05, 0.1) is 17.3 Å².